The normalized spacial score (nSPS) is 26.9. The first kappa shape index (κ1) is 32.6. The van der Waals surface area contributed by atoms with E-state index in [0.717, 1.165) is 5.52 Å². The van der Waals surface area contributed by atoms with Crippen LogP contribution in [0.1, 0.15) is 40.0 Å². The topological polar surface area (TPSA) is 121 Å². The lowest BCUT2D eigenvalue weighted by molar-refractivity contribution is -0.156. The number of nitrogens with zero attached hydrogens (tertiary/aromatic N) is 6. The molecule has 3 fully saturated rings. The van der Waals surface area contributed by atoms with Crippen molar-refractivity contribution in [1.82, 2.24) is 24.8 Å². The second-order valence-electron chi connectivity index (χ2n) is 13.6. The largest absolute Gasteiger partial charge is 0.394 e. The predicted molar refractivity (Wildman–Crippen MR) is 178 cm³/mol. The smallest absolute Gasteiger partial charge is 0.250 e. The van der Waals surface area contributed by atoms with Gasteiger partial charge < -0.3 is 24.5 Å². The van der Waals surface area contributed by atoms with Crippen molar-refractivity contribution >= 4 is 34.4 Å². The molecule has 0 aliphatic carbocycles. The van der Waals surface area contributed by atoms with Gasteiger partial charge in [-0.05, 0) is 56.4 Å². The van der Waals surface area contributed by atoms with Crippen LogP contribution < -0.4 is 4.90 Å². The molecule has 4 heterocycles. The van der Waals surface area contributed by atoms with Crippen LogP contribution in [-0.2, 0) is 25.8 Å². The maximum Gasteiger partial charge on any atom is 0.250 e. The molecule has 3 saturated heterocycles. The monoisotopic (exact) mass is 640 g/mol. The summed E-state index contributed by atoms with van der Waals surface area (Å²) in [6.45, 7) is 13.9. The fourth-order valence-corrected chi connectivity index (χ4v) is 8.19. The van der Waals surface area contributed by atoms with Crippen molar-refractivity contribution in [3.05, 3.63) is 79.9 Å². The van der Waals surface area contributed by atoms with Crippen molar-refractivity contribution in [1.29, 1.82) is 0 Å². The molecule has 3 aliphatic heterocycles. The Kier molecular flexibility index (Phi) is 8.80. The third-order valence-electron chi connectivity index (χ3n) is 10.1. The molecule has 6 rings (SSSR count). The Morgan fingerprint density at radius 1 is 1.06 bits per heavy atom. The number of para-hydroxylation sites is 2. The van der Waals surface area contributed by atoms with Crippen LogP contribution in [-0.4, -0.2) is 90.6 Å². The van der Waals surface area contributed by atoms with E-state index in [9.17, 15) is 19.5 Å². The quantitative estimate of drug-likeness (QED) is 0.282. The van der Waals surface area contributed by atoms with Crippen molar-refractivity contribution in [2.24, 2.45) is 17.8 Å². The van der Waals surface area contributed by atoms with Gasteiger partial charge in [0.1, 0.15) is 23.8 Å². The van der Waals surface area contributed by atoms with Crippen molar-refractivity contribution < 1.29 is 24.2 Å². The summed E-state index contributed by atoms with van der Waals surface area (Å²) in [6.07, 6.45) is 4.71. The first-order chi connectivity index (χ1) is 22.6. The van der Waals surface area contributed by atoms with Gasteiger partial charge in [0.05, 0.1) is 35.6 Å². The second-order valence-corrected chi connectivity index (χ2v) is 13.6. The number of fused-ring (bicyclic) bond motifs is 2. The molecule has 2 bridgehead atoms. The number of carbonyl (C=O) groups excluding carboxylic acids is 3. The van der Waals surface area contributed by atoms with E-state index in [1.54, 1.807) is 31.5 Å². The molecule has 0 saturated carbocycles. The molecule has 6 atom stereocenters. The van der Waals surface area contributed by atoms with Gasteiger partial charge in [0.15, 0.2) is 0 Å². The van der Waals surface area contributed by atoms with E-state index >= 15 is 0 Å². The standard InChI is InChI=1S/C36H44N6O5/c1-6-19-39(23-41-28-16-12-11-15-27(28)37-38-41)34(46)31-36-18-17-35(5,47-36)29(30(36)33(45)42(31)26(22-43)21-24(3)4)32(44)40(20-7-2)25-13-9-8-10-14-25/h6-16,24,26,29-31,43H,1-2,17-23H2,3-5H3/t26-,29+,30+,31?,35-,36?/m1/s1. The predicted octanol–water partition coefficient (Wildman–Crippen LogP) is 3.79. The molecule has 47 heavy (non-hydrogen) atoms. The number of amides is 3. The van der Waals surface area contributed by atoms with E-state index in [-0.39, 0.29) is 50.0 Å². The molecule has 2 aromatic carbocycles. The summed E-state index contributed by atoms with van der Waals surface area (Å²) < 4.78 is 8.56. The van der Waals surface area contributed by atoms with Gasteiger partial charge in [0.25, 0.3) is 0 Å². The lowest BCUT2D eigenvalue weighted by Crippen LogP contribution is -2.59. The molecular weight excluding hydrogens is 596 g/mol. The Morgan fingerprint density at radius 2 is 1.77 bits per heavy atom. The minimum atomic E-state index is -1.26. The number of benzene rings is 2. The molecule has 3 aromatic rings. The third kappa shape index (κ3) is 5.35. The molecule has 11 nitrogen and oxygen atoms in total. The highest BCUT2D eigenvalue weighted by molar-refractivity contribution is 6.03. The van der Waals surface area contributed by atoms with E-state index in [2.05, 4.69) is 23.5 Å². The third-order valence-corrected chi connectivity index (χ3v) is 10.1. The molecule has 11 heteroatoms. The molecule has 1 N–H and O–H groups in total. The lowest BCUT2D eigenvalue weighted by atomic mass is 9.66. The number of aliphatic hydroxyl groups excluding tert-OH is 1. The van der Waals surface area contributed by atoms with Crippen LogP contribution in [0, 0.1) is 17.8 Å². The minimum Gasteiger partial charge on any atom is -0.394 e. The fraction of sp³-hybridized carbons (Fsp3) is 0.472. The van der Waals surface area contributed by atoms with Gasteiger partial charge in [0.2, 0.25) is 17.7 Å². The van der Waals surface area contributed by atoms with Crippen molar-refractivity contribution in [3.63, 3.8) is 0 Å². The number of likely N-dealkylation sites (tertiary alicyclic amines) is 1. The molecule has 2 unspecified atom stereocenters. The zero-order valence-corrected chi connectivity index (χ0v) is 27.4. The lowest BCUT2D eigenvalue weighted by Gasteiger charge is -2.39. The Balaban J connectivity index is 1.44. The molecule has 1 spiro atoms. The first-order valence-corrected chi connectivity index (χ1v) is 16.4. The number of aliphatic hydroxyl groups is 1. The van der Waals surface area contributed by atoms with Gasteiger partial charge in [0, 0.05) is 18.8 Å². The van der Waals surface area contributed by atoms with E-state index in [1.165, 1.54) is 0 Å². The van der Waals surface area contributed by atoms with Crippen molar-refractivity contribution in [2.45, 2.75) is 70.0 Å². The summed E-state index contributed by atoms with van der Waals surface area (Å²) in [5, 5.41) is 19.3. The number of hydrogen-bond donors (Lipinski definition) is 1. The van der Waals surface area contributed by atoms with E-state index in [1.807, 2.05) is 75.4 Å². The van der Waals surface area contributed by atoms with Gasteiger partial charge in [-0.3, -0.25) is 14.4 Å². The van der Waals surface area contributed by atoms with Gasteiger partial charge in [-0.25, -0.2) is 4.68 Å². The van der Waals surface area contributed by atoms with Crippen LogP contribution in [0.25, 0.3) is 11.0 Å². The van der Waals surface area contributed by atoms with Crippen LogP contribution in [0.4, 0.5) is 5.69 Å². The molecule has 0 radical (unpaired) electrons. The van der Waals surface area contributed by atoms with Gasteiger partial charge >= 0.3 is 0 Å². The van der Waals surface area contributed by atoms with Gasteiger partial charge in [-0.2, -0.15) is 0 Å². The minimum absolute atomic E-state index is 0.0688. The fourth-order valence-electron chi connectivity index (χ4n) is 8.19. The number of carbonyl (C=O) groups is 3. The van der Waals surface area contributed by atoms with Gasteiger partial charge in [-0.1, -0.05) is 61.5 Å². The zero-order chi connectivity index (χ0) is 33.5. The highest BCUT2D eigenvalue weighted by atomic mass is 16.5. The summed E-state index contributed by atoms with van der Waals surface area (Å²) in [4.78, 5) is 49.2. The van der Waals surface area contributed by atoms with Crippen LogP contribution in [0.2, 0.25) is 0 Å². The molecule has 3 amide bonds. The number of hydrogen-bond acceptors (Lipinski definition) is 7. The second kappa shape index (κ2) is 12.7. The summed E-state index contributed by atoms with van der Waals surface area (Å²) in [6, 6.07) is 15.1. The Hall–Kier alpha value is -4.35. The molecule has 3 aliphatic rings. The summed E-state index contributed by atoms with van der Waals surface area (Å²) in [5.41, 5.74) is -0.0699. The number of aromatic nitrogens is 3. The van der Waals surface area contributed by atoms with E-state index < -0.39 is 35.1 Å². The van der Waals surface area contributed by atoms with Crippen molar-refractivity contribution in [2.75, 3.05) is 24.6 Å². The van der Waals surface area contributed by atoms with E-state index in [0.29, 0.717) is 30.5 Å². The highest BCUT2D eigenvalue weighted by Crippen LogP contribution is 2.64. The number of rotatable bonds is 13. The summed E-state index contributed by atoms with van der Waals surface area (Å²) in [7, 11) is 0. The summed E-state index contributed by atoms with van der Waals surface area (Å²) in [5.74, 6) is -2.53. The molecular formula is C36H44N6O5. The summed E-state index contributed by atoms with van der Waals surface area (Å²) >= 11 is 0. The van der Waals surface area contributed by atoms with Crippen LogP contribution in [0.5, 0.6) is 0 Å². The van der Waals surface area contributed by atoms with Gasteiger partial charge in [-0.15, -0.1) is 18.3 Å². The highest BCUT2D eigenvalue weighted by Gasteiger charge is 2.79. The maximum absolute atomic E-state index is 15.0. The van der Waals surface area contributed by atoms with Crippen LogP contribution >= 0.6 is 0 Å². The molecule has 1 aromatic heterocycles. The van der Waals surface area contributed by atoms with Crippen LogP contribution in [0.3, 0.4) is 0 Å². The maximum atomic E-state index is 15.0. The number of anilines is 1. The Bertz CT molecular complexity index is 1670. The number of ether oxygens (including phenoxy) is 1. The van der Waals surface area contributed by atoms with Crippen LogP contribution in [0.15, 0.2) is 79.9 Å². The van der Waals surface area contributed by atoms with Crippen molar-refractivity contribution in [3.8, 4) is 0 Å². The Morgan fingerprint density at radius 3 is 2.45 bits per heavy atom. The average molecular weight is 641 g/mol. The average Bonchev–Trinajstić information content (AvgIpc) is 3.77. The zero-order valence-electron chi connectivity index (χ0n) is 27.4. The first-order valence-electron chi connectivity index (χ1n) is 16.4. The Labute approximate surface area is 275 Å². The van der Waals surface area contributed by atoms with E-state index in [4.69, 9.17) is 4.74 Å². The molecule has 248 valence electrons. The SMILES string of the molecule is C=CCN(Cn1nnc2ccccc21)C(=O)C1N([C@@H](CO)CC(C)C)C(=O)[C@@H]2[C@@H](C(=O)N(CC=C)c3ccccc3)[C@@]3(C)CCC12O3.